The maximum Gasteiger partial charge on any atom is 0.350 e. The highest BCUT2D eigenvalue weighted by Gasteiger charge is 2.18. The minimum absolute atomic E-state index is 0.0335. The van der Waals surface area contributed by atoms with Crippen LogP contribution in [0.15, 0.2) is 48.5 Å². The highest BCUT2D eigenvalue weighted by Crippen LogP contribution is 2.28. The van der Waals surface area contributed by atoms with Gasteiger partial charge in [-0.15, -0.1) is 11.3 Å². The van der Waals surface area contributed by atoms with Gasteiger partial charge in [0.05, 0.1) is 28.1 Å². The molecule has 4 aromatic rings. The summed E-state index contributed by atoms with van der Waals surface area (Å²) in [5.41, 5.74) is 4.23. The van der Waals surface area contributed by atoms with Crippen LogP contribution in [-0.2, 0) is 11.3 Å². The average Bonchev–Trinajstić information content (AvgIpc) is 3.08. The van der Waals surface area contributed by atoms with Crippen molar-refractivity contribution in [2.75, 3.05) is 0 Å². The maximum atomic E-state index is 13.1. The molecule has 0 atom stereocenters. The molecule has 0 aliphatic heterocycles. The van der Waals surface area contributed by atoms with Crippen LogP contribution in [-0.4, -0.2) is 20.9 Å². The van der Waals surface area contributed by atoms with Crippen LogP contribution in [0.1, 0.15) is 26.8 Å². The number of thiazole rings is 1. The van der Waals surface area contributed by atoms with Gasteiger partial charge in [-0.05, 0) is 50.2 Å². The van der Waals surface area contributed by atoms with E-state index >= 15 is 0 Å². The first kappa shape index (κ1) is 18.2. The predicted molar refractivity (Wildman–Crippen MR) is 106 cm³/mol. The first-order valence-corrected chi connectivity index (χ1v) is 9.45. The number of fused-ring (bicyclic) bond motifs is 1. The van der Waals surface area contributed by atoms with Crippen molar-refractivity contribution in [3.63, 3.8) is 0 Å². The lowest BCUT2D eigenvalue weighted by Gasteiger charge is -2.07. The van der Waals surface area contributed by atoms with Gasteiger partial charge in [-0.25, -0.2) is 24.1 Å². The third kappa shape index (κ3) is 3.61. The van der Waals surface area contributed by atoms with E-state index in [1.807, 2.05) is 31.2 Å². The molecule has 2 aromatic heterocycles. The zero-order valence-corrected chi connectivity index (χ0v) is 16.1. The maximum absolute atomic E-state index is 13.1. The van der Waals surface area contributed by atoms with E-state index in [4.69, 9.17) is 4.74 Å². The van der Waals surface area contributed by atoms with Crippen molar-refractivity contribution in [1.29, 1.82) is 0 Å². The van der Waals surface area contributed by atoms with E-state index in [0.717, 1.165) is 22.3 Å². The lowest BCUT2D eigenvalue weighted by atomic mass is 10.2. The van der Waals surface area contributed by atoms with Gasteiger partial charge in [-0.3, -0.25) is 0 Å². The van der Waals surface area contributed by atoms with Gasteiger partial charge >= 0.3 is 5.97 Å². The van der Waals surface area contributed by atoms with E-state index in [1.165, 1.54) is 23.5 Å². The molecule has 0 saturated carbocycles. The molecule has 0 fully saturated rings. The molecule has 5 nitrogen and oxygen atoms in total. The molecule has 0 saturated heterocycles. The molecule has 0 unspecified atom stereocenters. The van der Waals surface area contributed by atoms with Crippen molar-refractivity contribution in [2.45, 2.75) is 20.5 Å². The number of esters is 1. The molecule has 0 N–H and O–H groups in total. The third-order valence-corrected chi connectivity index (χ3v) is 5.44. The van der Waals surface area contributed by atoms with E-state index in [0.29, 0.717) is 21.3 Å². The number of hydrogen-bond acceptors (Lipinski definition) is 6. The summed E-state index contributed by atoms with van der Waals surface area (Å²) in [6, 6.07) is 13.6. The molecule has 0 aliphatic rings. The second-order valence-corrected chi connectivity index (χ2v) is 7.26. The molecular formula is C21H16FN3O2S. The third-order valence-electron chi connectivity index (χ3n) is 4.26. The summed E-state index contributed by atoms with van der Waals surface area (Å²) in [4.78, 5) is 26.4. The summed E-state index contributed by atoms with van der Waals surface area (Å²) in [6.45, 7) is 3.63. The van der Waals surface area contributed by atoms with E-state index in [9.17, 15) is 9.18 Å². The molecule has 2 aromatic carbocycles. The molecule has 4 rings (SSSR count). The van der Waals surface area contributed by atoms with Crippen molar-refractivity contribution in [1.82, 2.24) is 15.0 Å². The number of aromatic nitrogens is 3. The second-order valence-electron chi connectivity index (χ2n) is 6.26. The summed E-state index contributed by atoms with van der Waals surface area (Å²) < 4.78 is 18.6. The summed E-state index contributed by atoms with van der Waals surface area (Å²) in [7, 11) is 0. The topological polar surface area (TPSA) is 65.0 Å². The summed E-state index contributed by atoms with van der Waals surface area (Å²) in [5, 5.41) is 0.645. The molecular weight excluding hydrogens is 377 g/mol. The standard InChI is InChI=1S/C21H16FN3O2S/c1-12-18(25-17-6-4-3-5-16(17)23-12)11-27-21(26)19-13(2)24-20(28-19)14-7-9-15(22)10-8-14/h3-10H,11H2,1-2H3. The van der Waals surface area contributed by atoms with Gasteiger partial charge in [0, 0.05) is 5.56 Å². The number of nitrogens with zero attached hydrogens (tertiary/aromatic N) is 3. The minimum Gasteiger partial charge on any atom is -0.455 e. The quantitative estimate of drug-likeness (QED) is 0.463. The second kappa shape index (κ2) is 7.44. The molecule has 0 aliphatic carbocycles. The van der Waals surface area contributed by atoms with Gasteiger partial charge in [-0.2, -0.15) is 0 Å². The van der Waals surface area contributed by atoms with Gasteiger partial charge < -0.3 is 4.74 Å². The Morgan fingerprint density at radius 3 is 2.36 bits per heavy atom. The van der Waals surface area contributed by atoms with Crippen LogP contribution in [0.25, 0.3) is 21.6 Å². The summed E-state index contributed by atoms with van der Waals surface area (Å²) in [6.07, 6.45) is 0. The van der Waals surface area contributed by atoms with Crippen molar-refractivity contribution in [3.05, 3.63) is 76.3 Å². The van der Waals surface area contributed by atoms with E-state index < -0.39 is 5.97 Å². The Hall–Kier alpha value is -3.19. The van der Waals surface area contributed by atoms with Crippen molar-refractivity contribution >= 4 is 28.3 Å². The normalized spacial score (nSPS) is 11.0. The smallest absolute Gasteiger partial charge is 0.350 e. The van der Waals surface area contributed by atoms with Crippen molar-refractivity contribution < 1.29 is 13.9 Å². The Morgan fingerprint density at radius 1 is 0.964 bits per heavy atom. The number of rotatable bonds is 4. The summed E-state index contributed by atoms with van der Waals surface area (Å²) >= 11 is 1.22. The Kier molecular flexibility index (Phi) is 4.83. The van der Waals surface area contributed by atoms with Crippen LogP contribution >= 0.6 is 11.3 Å². The monoisotopic (exact) mass is 393 g/mol. The van der Waals surface area contributed by atoms with Crippen LogP contribution < -0.4 is 0 Å². The molecule has 140 valence electrons. The Morgan fingerprint density at radius 2 is 1.64 bits per heavy atom. The van der Waals surface area contributed by atoms with Crippen molar-refractivity contribution in [3.8, 4) is 10.6 Å². The average molecular weight is 393 g/mol. The molecule has 7 heteroatoms. The molecule has 0 radical (unpaired) electrons. The summed E-state index contributed by atoms with van der Waals surface area (Å²) in [5.74, 6) is -0.777. The molecule has 0 amide bonds. The Balaban J connectivity index is 1.53. The highest BCUT2D eigenvalue weighted by molar-refractivity contribution is 7.17. The number of carbonyl (C=O) groups is 1. The van der Waals surface area contributed by atoms with Gasteiger partial charge in [-0.1, -0.05) is 12.1 Å². The van der Waals surface area contributed by atoms with Gasteiger partial charge in [0.2, 0.25) is 0 Å². The number of halogens is 1. The fraction of sp³-hybridized carbons (Fsp3) is 0.143. The zero-order chi connectivity index (χ0) is 19.7. The van der Waals surface area contributed by atoms with Gasteiger partial charge in [0.15, 0.2) is 0 Å². The van der Waals surface area contributed by atoms with E-state index in [-0.39, 0.29) is 12.4 Å². The van der Waals surface area contributed by atoms with E-state index in [1.54, 1.807) is 19.1 Å². The van der Waals surface area contributed by atoms with Gasteiger partial charge in [0.25, 0.3) is 0 Å². The van der Waals surface area contributed by atoms with Crippen LogP contribution in [0.2, 0.25) is 0 Å². The minimum atomic E-state index is -0.460. The van der Waals surface area contributed by atoms with E-state index in [2.05, 4.69) is 15.0 Å². The first-order chi connectivity index (χ1) is 13.5. The molecule has 0 spiro atoms. The molecule has 0 bridgehead atoms. The zero-order valence-electron chi connectivity index (χ0n) is 15.3. The number of benzene rings is 2. The SMILES string of the molecule is Cc1nc2ccccc2nc1COC(=O)c1sc(-c2ccc(F)cc2)nc1C. The number of ether oxygens (including phenoxy) is 1. The van der Waals surface area contributed by atoms with Gasteiger partial charge in [0.1, 0.15) is 22.3 Å². The fourth-order valence-corrected chi connectivity index (χ4v) is 3.73. The Labute approximate surface area is 164 Å². The lowest BCUT2D eigenvalue weighted by molar-refractivity contribution is 0.0471. The highest BCUT2D eigenvalue weighted by atomic mass is 32.1. The van der Waals surface area contributed by atoms with Crippen LogP contribution in [0.4, 0.5) is 4.39 Å². The number of para-hydroxylation sites is 2. The number of hydrogen-bond donors (Lipinski definition) is 0. The lowest BCUT2D eigenvalue weighted by Crippen LogP contribution is -2.08. The Bertz CT molecular complexity index is 1170. The molecule has 28 heavy (non-hydrogen) atoms. The number of aryl methyl sites for hydroxylation is 2. The predicted octanol–water partition coefficient (Wildman–Crippen LogP) is 4.87. The first-order valence-electron chi connectivity index (χ1n) is 8.64. The van der Waals surface area contributed by atoms with Crippen molar-refractivity contribution in [2.24, 2.45) is 0 Å². The van der Waals surface area contributed by atoms with Crippen LogP contribution in [0.5, 0.6) is 0 Å². The van der Waals surface area contributed by atoms with Crippen LogP contribution in [0.3, 0.4) is 0 Å². The molecule has 2 heterocycles. The fourth-order valence-electron chi connectivity index (χ4n) is 2.76. The number of carbonyl (C=O) groups excluding carboxylic acids is 1. The largest absolute Gasteiger partial charge is 0.455 e. The van der Waals surface area contributed by atoms with Crippen LogP contribution in [0, 0.1) is 19.7 Å².